The zero-order valence-corrected chi connectivity index (χ0v) is 14.8. The van der Waals surface area contributed by atoms with Crippen molar-refractivity contribution in [1.82, 2.24) is 5.43 Å². The van der Waals surface area contributed by atoms with Gasteiger partial charge in [-0.25, -0.2) is 5.43 Å². The van der Waals surface area contributed by atoms with Gasteiger partial charge in [0, 0.05) is 25.0 Å². The summed E-state index contributed by atoms with van der Waals surface area (Å²) in [4.78, 5) is 12.1. The van der Waals surface area contributed by atoms with Crippen LogP contribution in [0.4, 0.5) is 0 Å². The molecular weight excluding hydrogens is 304 g/mol. The molecule has 2 aliphatic carbocycles. The number of carbonyl (C=O) groups excluding carboxylic acids is 1. The van der Waals surface area contributed by atoms with E-state index in [0.29, 0.717) is 31.5 Å². The van der Waals surface area contributed by atoms with Crippen molar-refractivity contribution in [1.29, 1.82) is 0 Å². The molecule has 24 heavy (non-hydrogen) atoms. The first-order chi connectivity index (χ1) is 11.7. The summed E-state index contributed by atoms with van der Waals surface area (Å²) in [7, 11) is 0. The van der Waals surface area contributed by atoms with Crippen LogP contribution in [0.3, 0.4) is 0 Å². The summed E-state index contributed by atoms with van der Waals surface area (Å²) in [6, 6.07) is 0. The zero-order valence-electron chi connectivity index (χ0n) is 14.8. The molecule has 0 bridgehead atoms. The highest BCUT2D eigenvalue weighted by atomic mass is 16.7. The lowest BCUT2D eigenvalue weighted by Gasteiger charge is -2.39. The third-order valence-corrected chi connectivity index (χ3v) is 5.60. The predicted molar refractivity (Wildman–Crippen MR) is 93.6 cm³/mol. The summed E-state index contributed by atoms with van der Waals surface area (Å²) in [5, 5.41) is 4.16. The summed E-state index contributed by atoms with van der Waals surface area (Å²) in [5.74, 6) is 0.368. The van der Waals surface area contributed by atoms with Gasteiger partial charge < -0.3 is 9.47 Å². The van der Waals surface area contributed by atoms with E-state index in [2.05, 4.69) is 23.5 Å². The molecule has 1 saturated carbocycles. The Hall–Kier alpha value is -1.20. The SMILES string of the molecule is CC1=CC[C@H](/C=N\NC(=O)CC[C@@H]2CCCCC23OCCO3)CC1. The maximum Gasteiger partial charge on any atom is 0.240 e. The van der Waals surface area contributed by atoms with E-state index in [0.717, 1.165) is 44.9 Å². The molecule has 0 aromatic heterocycles. The number of carbonyl (C=O) groups is 1. The van der Waals surface area contributed by atoms with E-state index in [1.807, 2.05) is 6.21 Å². The van der Waals surface area contributed by atoms with Crippen LogP contribution in [0.2, 0.25) is 0 Å². The Balaban J connectivity index is 1.40. The molecule has 1 heterocycles. The molecule has 1 aliphatic heterocycles. The van der Waals surface area contributed by atoms with E-state index in [1.54, 1.807) is 0 Å². The normalized spacial score (nSPS) is 29.8. The van der Waals surface area contributed by atoms with Gasteiger partial charge >= 0.3 is 0 Å². The molecule has 2 atom stereocenters. The lowest BCUT2D eigenvalue weighted by atomic mass is 9.80. The lowest BCUT2D eigenvalue weighted by molar-refractivity contribution is -0.213. The van der Waals surface area contributed by atoms with Crippen LogP contribution >= 0.6 is 0 Å². The van der Waals surface area contributed by atoms with Crippen LogP contribution in [0.15, 0.2) is 16.8 Å². The van der Waals surface area contributed by atoms with Gasteiger partial charge in [0.1, 0.15) is 0 Å². The number of hydrazone groups is 1. The van der Waals surface area contributed by atoms with Crippen LogP contribution in [0.5, 0.6) is 0 Å². The summed E-state index contributed by atoms with van der Waals surface area (Å²) in [5.41, 5.74) is 4.15. The van der Waals surface area contributed by atoms with Crippen molar-refractivity contribution in [2.24, 2.45) is 16.9 Å². The molecule has 0 aromatic carbocycles. The molecule has 2 fully saturated rings. The van der Waals surface area contributed by atoms with Crippen molar-refractivity contribution < 1.29 is 14.3 Å². The van der Waals surface area contributed by atoms with E-state index in [1.165, 1.54) is 12.0 Å². The third-order valence-electron chi connectivity index (χ3n) is 5.60. The van der Waals surface area contributed by atoms with Gasteiger partial charge in [0.05, 0.1) is 13.2 Å². The maximum atomic E-state index is 12.1. The molecule has 134 valence electrons. The maximum absolute atomic E-state index is 12.1. The van der Waals surface area contributed by atoms with Crippen molar-refractivity contribution in [3.8, 4) is 0 Å². The van der Waals surface area contributed by atoms with Gasteiger partial charge in [-0.2, -0.15) is 5.10 Å². The van der Waals surface area contributed by atoms with Gasteiger partial charge in [0.15, 0.2) is 5.79 Å². The topological polar surface area (TPSA) is 59.9 Å². The van der Waals surface area contributed by atoms with Crippen LogP contribution < -0.4 is 5.43 Å². The summed E-state index contributed by atoms with van der Waals surface area (Å²) in [6.45, 7) is 3.54. The van der Waals surface area contributed by atoms with Crippen LogP contribution in [-0.2, 0) is 14.3 Å². The van der Waals surface area contributed by atoms with Gasteiger partial charge in [0.25, 0.3) is 0 Å². The first kappa shape index (κ1) is 17.6. The van der Waals surface area contributed by atoms with Crippen molar-refractivity contribution in [2.75, 3.05) is 13.2 Å². The van der Waals surface area contributed by atoms with E-state index < -0.39 is 5.79 Å². The minimum absolute atomic E-state index is 0.00694. The zero-order chi connectivity index (χ0) is 16.8. The molecule has 1 amide bonds. The van der Waals surface area contributed by atoms with Gasteiger partial charge in [-0.05, 0) is 51.4 Å². The Morgan fingerprint density at radius 1 is 1.38 bits per heavy atom. The summed E-state index contributed by atoms with van der Waals surface area (Å²) < 4.78 is 11.8. The largest absolute Gasteiger partial charge is 0.347 e. The van der Waals surface area contributed by atoms with Crippen LogP contribution in [0.1, 0.15) is 64.7 Å². The molecule has 0 radical (unpaired) electrons. The molecule has 3 aliphatic rings. The number of amides is 1. The average Bonchev–Trinajstić information content (AvgIpc) is 3.05. The van der Waals surface area contributed by atoms with E-state index in [4.69, 9.17) is 9.47 Å². The van der Waals surface area contributed by atoms with Crippen molar-refractivity contribution in [3.63, 3.8) is 0 Å². The molecule has 1 N–H and O–H groups in total. The number of nitrogens with zero attached hydrogens (tertiary/aromatic N) is 1. The van der Waals surface area contributed by atoms with Gasteiger partial charge in [-0.15, -0.1) is 0 Å². The highest BCUT2D eigenvalue weighted by molar-refractivity contribution is 5.76. The third kappa shape index (κ3) is 4.45. The molecule has 0 unspecified atom stereocenters. The standard InChI is InChI=1S/C19H30N2O3/c1-15-5-7-16(8-6-15)14-20-21-18(22)10-9-17-4-2-3-11-19(17)23-12-13-24-19/h5,14,16-17H,2-4,6-13H2,1H3,(H,21,22)/b20-14-/t16-,17-/m0/s1. The molecule has 1 spiro atoms. The summed E-state index contributed by atoms with van der Waals surface area (Å²) >= 11 is 0. The highest BCUT2D eigenvalue weighted by Crippen LogP contribution is 2.42. The van der Waals surface area contributed by atoms with E-state index >= 15 is 0 Å². The Morgan fingerprint density at radius 3 is 2.96 bits per heavy atom. The average molecular weight is 334 g/mol. The van der Waals surface area contributed by atoms with Gasteiger partial charge in [-0.3, -0.25) is 4.79 Å². The second-order valence-electron chi connectivity index (χ2n) is 7.39. The summed E-state index contributed by atoms with van der Waals surface area (Å²) in [6.07, 6.45) is 13.2. The quantitative estimate of drug-likeness (QED) is 0.475. The molecule has 5 nitrogen and oxygen atoms in total. The lowest BCUT2D eigenvalue weighted by Crippen LogP contribution is -2.42. The fourth-order valence-electron chi connectivity index (χ4n) is 4.10. The Morgan fingerprint density at radius 2 is 2.21 bits per heavy atom. The fraction of sp³-hybridized carbons (Fsp3) is 0.789. The minimum Gasteiger partial charge on any atom is -0.347 e. The molecule has 0 aromatic rings. The fourth-order valence-corrected chi connectivity index (χ4v) is 4.10. The van der Waals surface area contributed by atoms with Gasteiger partial charge in [-0.1, -0.05) is 18.1 Å². The monoisotopic (exact) mass is 334 g/mol. The first-order valence-corrected chi connectivity index (χ1v) is 9.43. The van der Waals surface area contributed by atoms with Crippen molar-refractivity contribution in [3.05, 3.63) is 11.6 Å². The molecule has 1 saturated heterocycles. The number of hydrogen-bond acceptors (Lipinski definition) is 4. The first-order valence-electron chi connectivity index (χ1n) is 9.43. The number of hydrogen-bond donors (Lipinski definition) is 1. The van der Waals surface area contributed by atoms with Gasteiger partial charge in [0.2, 0.25) is 5.91 Å². The number of nitrogens with one attached hydrogen (secondary N) is 1. The van der Waals surface area contributed by atoms with Crippen LogP contribution in [0.25, 0.3) is 0 Å². The van der Waals surface area contributed by atoms with Crippen LogP contribution in [0, 0.1) is 11.8 Å². The van der Waals surface area contributed by atoms with E-state index in [9.17, 15) is 4.79 Å². The second-order valence-corrected chi connectivity index (χ2v) is 7.39. The molecule has 3 rings (SSSR count). The predicted octanol–water partition coefficient (Wildman–Crippen LogP) is 3.55. The smallest absolute Gasteiger partial charge is 0.240 e. The number of allylic oxidation sites excluding steroid dienone is 2. The number of ether oxygens (including phenoxy) is 2. The van der Waals surface area contributed by atoms with Crippen molar-refractivity contribution >= 4 is 12.1 Å². The Bertz CT molecular complexity index is 495. The number of rotatable bonds is 5. The van der Waals surface area contributed by atoms with Crippen molar-refractivity contribution in [2.45, 2.75) is 70.5 Å². The minimum atomic E-state index is -0.409. The Kier molecular flexibility index (Phi) is 6.06. The van der Waals surface area contributed by atoms with E-state index in [-0.39, 0.29) is 5.91 Å². The highest BCUT2D eigenvalue weighted by Gasteiger charge is 2.45. The molecular formula is C19H30N2O3. The molecule has 5 heteroatoms. The van der Waals surface area contributed by atoms with Crippen LogP contribution in [-0.4, -0.2) is 31.1 Å². The second kappa shape index (κ2) is 8.26. The Labute approximate surface area is 144 Å².